The van der Waals surface area contributed by atoms with E-state index in [1.54, 1.807) is 11.3 Å². The summed E-state index contributed by atoms with van der Waals surface area (Å²) < 4.78 is 5.83. The number of nitrogens with two attached hydrogens (primary N) is 1. The van der Waals surface area contributed by atoms with Crippen LogP contribution in [0.3, 0.4) is 0 Å². The van der Waals surface area contributed by atoms with Gasteiger partial charge < -0.3 is 15.4 Å². The third-order valence-electron chi connectivity index (χ3n) is 2.20. The van der Waals surface area contributed by atoms with E-state index in [0.717, 1.165) is 23.6 Å². The first-order valence-corrected chi connectivity index (χ1v) is 6.09. The largest absolute Gasteiger partial charge is 0.489 e. The number of rotatable bonds is 6. The van der Waals surface area contributed by atoms with Crippen LogP contribution >= 0.6 is 11.3 Å². The topological polar surface area (TPSA) is 38.5 Å². The third kappa shape index (κ3) is 4.20. The lowest BCUT2D eigenvalue weighted by Gasteiger charge is -2.17. The van der Waals surface area contributed by atoms with Crippen LogP contribution in [-0.2, 0) is 6.54 Å². The maximum absolute atomic E-state index is 5.83. The average Bonchev–Trinajstić information content (AvgIpc) is 2.62. The second-order valence-electron chi connectivity index (χ2n) is 3.93. The molecule has 3 nitrogen and oxygen atoms in total. The first kappa shape index (κ1) is 12.5. The van der Waals surface area contributed by atoms with E-state index in [-0.39, 0.29) is 6.10 Å². The Morgan fingerprint density at radius 3 is 2.87 bits per heavy atom. The number of thiophene rings is 1. The molecule has 0 spiro atoms. The molecule has 0 fully saturated rings. The second-order valence-corrected chi connectivity index (χ2v) is 4.93. The van der Waals surface area contributed by atoms with Crippen LogP contribution in [0.2, 0.25) is 0 Å². The van der Waals surface area contributed by atoms with Gasteiger partial charge in [0.15, 0.2) is 0 Å². The fourth-order valence-electron chi connectivity index (χ4n) is 1.30. The van der Waals surface area contributed by atoms with Gasteiger partial charge in [-0.05, 0) is 38.9 Å². The number of ether oxygens (including phenoxy) is 1. The second kappa shape index (κ2) is 6.10. The van der Waals surface area contributed by atoms with Crippen molar-refractivity contribution in [3.8, 4) is 5.75 Å². The van der Waals surface area contributed by atoms with Crippen LogP contribution in [0.25, 0.3) is 0 Å². The van der Waals surface area contributed by atoms with Crippen molar-refractivity contribution < 1.29 is 4.74 Å². The summed E-state index contributed by atoms with van der Waals surface area (Å²) in [6, 6.07) is 2.00. The summed E-state index contributed by atoms with van der Waals surface area (Å²) in [5.41, 5.74) is 5.62. The Morgan fingerprint density at radius 2 is 2.27 bits per heavy atom. The quantitative estimate of drug-likeness (QED) is 0.808. The van der Waals surface area contributed by atoms with E-state index < -0.39 is 0 Å². The zero-order chi connectivity index (χ0) is 11.3. The van der Waals surface area contributed by atoms with Gasteiger partial charge in [0.05, 0.1) is 11.0 Å². The number of nitrogens with zero attached hydrogens (tertiary/aromatic N) is 1. The zero-order valence-electron chi connectivity index (χ0n) is 9.69. The van der Waals surface area contributed by atoms with Crippen molar-refractivity contribution >= 4 is 11.3 Å². The van der Waals surface area contributed by atoms with E-state index >= 15 is 0 Å². The maximum atomic E-state index is 5.83. The van der Waals surface area contributed by atoms with Crippen LogP contribution in [-0.4, -0.2) is 31.6 Å². The van der Waals surface area contributed by atoms with Gasteiger partial charge in [-0.25, -0.2) is 0 Å². The van der Waals surface area contributed by atoms with Crippen molar-refractivity contribution in [2.45, 2.75) is 26.0 Å². The van der Waals surface area contributed by atoms with E-state index in [1.807, 2.05) is 11.4 Å². The van der Waals surface area contributed by atoms with Crippen molar-refractivity contribution in [2.24, 2.45) is 5.73 Å². The Kier molecular flexibility index (Phi) is 5.08. The SMILES string of the molecule is CC(CCN(C)C)Oc1ccsc1CN. The van der Waals surface area contributed by atoms with Crippen LogP contribution in [0, 0.1) is 0 Å². The average molecular weight is 228 g/mol. The third-order valence-corrected chi connectivity index (χ3v) is 3.13. The van der Waals surface area contributed by atoms with Gasteiger partial charge in [-0.1, -0.05) is 0 Å². The summed E-state index contributed by atoms with van der Waals surface area (Å²) >= 11 is 1.66. The Labute approximate surface area is 95.8 Å². The molecule has 0 radical (unpaired) electrons. The van der Waals surface area contributed by atoms with Crippen LogP contribution in [0.1, 0.15) is 18.2 Å². The summed E-state index contributed by atoms with van der Waals surface area (Å²) in [6.45, 7) is 3.71. The van der Waals surface area contributed by atoms with Crippen molar-refractivity contribution in [3.05, 3.63) is 16.3 Å². The first-order chi connectivity index (χ1) is 7.13. The Bertz CT molecular complexity index is 286. The number of hydrogen-bond acceptors (Lipinski definition) is 4. The van der Waals surface area contributed by atoms with Crippen LogP contribution in [0.4, 0.5) is 0 Å². The van der Waals surface area contributed by atoms with E-state index in [4.69, 9.17) is 10.5 Å². The van der Waals surface area contributed by atoms with Crippen LogP contribution in [0.15, 0.2) is 11.4 Å². The molecule has 0 aliphatic carbocycles. The molecule has 0 aromatic carbocycles. The normalized spacial score (nSPS) is 13.1. The molecule has 1 aromatic rings. The summed E-state index contributed by atoms with van der Waals surface area (Å²) in [4.78, 5) is 3.30. The van der Waals surface area contributed by atoms with Crippen molar-refractivity contribution in [2.75, 3.05) is 20.6 Å². The van der Waals surface area contributed by atoms with Gasteiger partial charge in [-0.2, -0.15) is 0 Å². The summed E-state index contributed by atoms with van der Waals surface area (Å²) in [5.74, 6) is 0.953. The fourth-order valence-corrected chi connectivity index (χ4v) is 1.98. The highest BCUT2D eigenvalue weighted by molar-refractivity contribution is 7.10. The highest BCUT2D eigenvalue weighted by Crippen LogP contribution is 2.25. The molecule has 0 aliphatic heterocycles. The minimum absolute atomic E-state index is 0.243. The first-order valence-electron chi connectivity index (χ1n) is 5.21. The van der Waals surface area contributed by atoms with Gasteiger partial charge in [0.25, 0.3) is 0 Å². The maximum Gasteiger partial charge on any atom is 0.134 e. The van der Waals surface area contributed by atoms with Gasteiger partial charge in [0, 0.05) is 13.1 Å². The molecule has 0 saturated heterocycles. The fraction of sp³-hybridized carbons (Fsp3) is 0.636. The monoisotopic (exact) mass is 228 g/mol. The van der Waals surface area contributed by atoms with Crippen molar-refractivity contribution in [1.29, 1.82) is 0 Å². The summed E-state index contributed by atoms with van der Waals surface area (Å²) in [7, 11) is 4.14. The van der Waals surface area contributed by atoms with Gasteiger partial charge >= 0.3 is 0 Å². The summed E-state index contributed by atoms with van der Waals surface area (Å²) in [5, 5.41) is 2.02. The molecule has 1 rings (SSSR count). The lowest BCUT2D eigenvalue weighted by atomic mass is 10.2. The highest BCUT2D eigenvalue weighted by Gasteiger charge is 2.08. The minimum Gasteiger partial charge on any atom is -0.489 e. The van der Waals surface area contributed by atoms with Crippen molar-refractivity contribution in [1.82, 2.24) is 4.90 Å². The predicted molar refractivity (Wildman–Crippen MR) is 65.5 cm³/mol. The Hall–Kier alpha value is -0.580. The standard InChI is InChI=1S/C11H20N2OS/c1-9(4-6-13(2)3)14-10-5-7-15-11(10)8-12/h5,7,9H,4,6,8,12H2,1-3H3. The molecule has 15 heavy (non-hydrogen) atoms. The zero-order valence-corrected chi connectivity index (χ0v) is 10.5. The Morgan fingerprint density at radius 1 is 1.53 bits per heavy atom. The van der Waals surface area contributed by atoms with Gasteiger partial charge in [-0.15, -0.1) is 11.3 Å². The van der Waals surface area contributed by atoms with E-state index in [2.05, 4.69) is 25.9 Å². The minimum atomic E-state index is 0.243. The van der Waals surface area contributed by atoms with E-state index in [1.165, 1.54) is 0 Å². The molecule has 1 heterocycles. The molecule has 0 bridgehead atoms. The predicted octanol–water partition coefficient (Wildman–Crippen LogP) is 1.93. The van der Waals surface area contributed by atoms with E-state index in [0.29, 0.717) is 6.54 Å². The molecular formula is C11H20N2OS. The smallest absolute Gasteiger partial charge is 0.134 e. The Balaban J connectivity index is 2.40. The molecule has 2 N–H and O–H groups in total. The molecule has 0 aliphatic rings. The molecule has 1 atom stereocenters. The van der Waals surface area contributed by atoms with Gasteiger partial charge in [0.1, 0.15) is 5.75 Å². The number of hydrogen-bond donors (Lipinski definition) is 1. The van der Waals surface area contributed by atoms with E-state index in [9.17, 15) is 0 Å². The molecule has 1 aromatic heterocycles. The molecule has 86 valence electrons. The van der Waals surface area contributed by atoms with Crippen molar-refractivity contribution in [3.63, 3.8) is 0 Å². The molecular weight excluding hydrogens is 208 g/mol. The van der Waals surface area contributed by atoms with Crippen LogP contribution in [0.5, 0.6) is 5.75 Å². The highest BCUT2D eigenvalue weighted by atomic mass is 32.1. The molecule has 0 saturated carbocycles. The van der Waals surface area contributed by atoms with Crippen LogP contribution < -0.4 is 10.5 Å². The van der Waals surface area contributed by atoms with Gasteiger partial charge in [-0.3, -0.25) is 0 Å². The lowest BCUT2D eigenvalue weighted by molar-refractivity contribution is 0.194. The molecule has 0 amide bonds. The lowest BCUT2D eigenvalue weighted by Crippen LogP contribution is -2.21. The van der Waals surface area contributed by atoms with Gasteiger partial charge in [0.2, 0.25) is 0 Å². The molecule has 1 unspecified atom stereocenters. The summed E-state index contributed by atoms with van der Waals surface area (Å²) in [6.07, 6.45) is 1.28. The molecule has 4 heteroatoms.